The zero-order chi connectivity index (χ0) is 14.7. The van der Waals surface area contributed by atoms with Crippen molar-refractivity contribution in [1.29, 1.82) is 0 Å². The molecule has 1 saturated carbocycles. The molecule has 0 amide bonds. The van der Waals surface area contributed by atoms with Crippen LogP contribution in [0, 0.1) is 5.92 Å². The normalized spacial score (nSPS) is 22.9. The molecule has 1 aromatic rings. The zero-order valence-corrected chi connectivity index (χ0v) is 12.1. The first-order chi connectivity index (χ1) is 9.49. The van der Waals surface area contributed by atoms with Crippen LogP contribution in [0.5, 0.6) is 0 Å². The van der Waals surface area contributed by atoms with E-state index in [0.29, 0.717) is 18.2 Å². The Bertz CT molecular complexity index is 568. The predicted octanol–water partition coefficient (Wildman–Crippen LogP) is -0.275. The van der Waals surface area contributed by atoms with E-state index in [0.717, 1.165) is 36.8 Å². The van der Waals surface area contributed by atoms with Crippen LogP contribution in [-0.4, -0.2) is 26.9 Å². The van der Waals surface area contributed by atoms with Crippen LogP contribution in [0.3, 0.4) is 0 Å². The Hall–Kier alpha value is -1.40. The smallest absolute Gasteiger partial charge is 0.330 e. The van der Waals surface area contributed by atoms with E-state index in [9.17, 15) is 14.7 Å². The number of aromatic nitrogens is 2. The highest BCUT2D eigenvalue weighted by Crippen LogP contribution is 2.23. The van der Waals surface area contributed by atoms with Gasteiger partial charge in [-0.05, 0) is 38.1 Å². The van der Waals surface area contributed by atoms with Crippen molar-refractivity contribution in [3.05, 3.63) is 32.6 Å². The summed E-state index contributed by atoms with van der Waals surface area (Å²) in [5.74, 6) is 0.571. The third-order valence-electron chi connectivity index (χ3n) is 4.18. The second-order valence-corrected chi connectivity index (χ2v) is 5.68. The SMILES string of the molecule is Cn1c(CNCC2CCC(O)CC2)cc(=O)n(C)c1=O. The van der Waals surface area contributed by atoms with E-state index in [-0.39, 0.29) is 17.4 Å². The Balaban J connectivity index is 1.92. The van der Waals surface area contributed by atoms with E-state index in [1.54, 1.807) is 7.05 Å². The molecule has 6 heteroatoms. The number of hydrogen-bond acceptors (Lipinski definition) is 4. The van der Waals surface area contributed by atoms with Gasteiger partial charge in [-0.15, -0.1) is 0 Å². The van der Waals surface area contributed by atoms with Crippen molar-refractivity contribution < 1.29 is 5.11 Å². The lowest BCUT2D eigenvalue weighted by atomic mass is 9.87. The minimum absolute atomic E-state index is 0.135. The average Bonchev–Trinajstić information content (AvgIpc) is 2.44. The molecule has 0 radical (unpaired) electrons. The van der Waals surface area contributed by atoms with E-state index in [4.69, 9.17) is 0 Å². The maximum Gasteiger partial charge on any atom is 0.330 e. The van der Waals surface area contributed by atoms with Gasteiger partial charge in [0.15, 0.2) is 0 Å². The summed E-state index contributed by atoms with van der Waals surface area (Å²) < 4.78 is 2.60. The molecule has 20 heavy (non-hydrogen) atoms. The van der Waals surface area contributed by atoms with Gasteiger partial charge in [0.2, 0.25) is 0 Å². The summed E-state index contributed by atoms with van der Waals surface area (Å²) in [6.45, 7) is 1.37. The standard InChI is InChI=1S/C14H23N3O3/c1-16-11(7-13(19)17(2)14(16)20)9-15-8-10-3-5-12(18)6-4-10/h7,10,12,15,18H,3-6,8-9H2,1-2H3. The van der Waals surface area contributed by atoms with Crippen LogP contribution < -0.4 is 16.6 Å². The van der Waals surface area contributed by atoms with Crippen LogP contribution in [0.4, 0.5) is 0 Å². The average molecular weight is 281 g/mol. The Labute approximate surface area is 118 Å². The number of nitrogens with zero attached hydrogens (tertiary/aromatic N) is 2. The minimum atomic E-state index is -0.296. The first-order valence-electron chi connectivity index (χ1n) is 7.13. The molecule has 1 aliphatic rings. The van der Waals surface area contributed by atoms with Crippen LogP contribution in [0.15, 0.2) is 15.7 Å². The first kappa shape index (κ1) is 15.0. The van der Waals surface area contributed by atoms with Crippen molar-refractivity contribution >= 4 is 0 Å². The molecule has 2 N–H and O–H groups in total. The fourth-order valence-corrected chi connectivity index (χ4v) is 2.70. The van der Waals surface area contributed by atoms with Crippen LogP contribution in [0.2, 0.25) is 0 Å². The lowest BCUT2D eigenvalue weighted by Crippen LogP contribution is -2.39. The van der Waals surface area contributed by atoms with Crippen LogP contribution in [-0.2, 0) is 20.6 Å². The summed E-state index contributed by atoms with van der Waals surface area (Å²) in [5.41, 5.74) is 0.134. The van der Waals surface area contributed by atoms with Gasteiger partial charge in [-0.3, -0.25) is 13.9 Å². The van der Waals surface area contributed by atoms with Gasteiger partial charge in [0.25, 0.3) is 5.56 Å². The number of rotatable bonds is 4. The van der Waals surface area contributed by atoms with Gasteiger partial charge in [-0.25, -0.2) is 4.79 Å². The summed E-state index contributed by atoms with van der Waals surface area (Å²) in [6, 6.07) is 1.50. The van der Waals surface area contributed by atoms with Crippen LogP contribution >= 0.6 is 0 Å². The van der Waals surface area contributed by atoms with Crippen LogP contribution in [0.25, 0.3) is 0 Å². The fraction of sp³-hybridized carbons (Fsp3) is 0.714. The molecule has 0 bridgehead atoms. The van der Waals surface area contributed by atoms with Gasteiger partial charge in [0.1, 0.15) is 0 Å². The van der Waals surface area contributed by atoms with Gasteiger partial charge >= 0.3 is 5.69 Å². The van der Waals surface area contributed by atoms with E-state index in [1.807, 2.05) is 0 Å². The molecule has 0 saturated heterocycles. The van der Waals surface area contributed by atoms with E-state index >= 15 is 0 Å². The second kappa shape index (κ2) is 6.37. The Morgan fingerprint density at radius 3 is 2.50 bits per heavy atom. The Kier molecular flexibility index (Phi) is 4.77. The van der Waals surface area contributed by atoms with Crippen molar-refractivity contribution in [1.82, 2.24) is 14.5 Å². The Morgan fingerprint density at radius 1 is 1.20 bits per heavy atom. The maximum absolute atomic E-state index is 11.8. The summed E-state index contributed by atoms with van der Waals surface area (Å²) in [4.78, 5) is 23.4. The van der Waals surface area contributed by atoms with Gasteiger partial charge in [-0.2, -0.15) is 0 Å². The third kappa shape index (κ3) is 3.37. The van der Waals surface area contributed by atoms with Crippen molar-refractivity contribution in [2.45, 2.75) is 38.3 Å². The number of aliphatic hydroxyl groups is 1. The highest BCUT2D eigenvalue weighted by Gasteiger charge is 2.18. The summed E-state index contributed by atoms with van der Waals surface area (Å²) >= 11 is 0. The van der Waals surface area contributed by atoms with Crippen molar-refractivity contribution in [3.63, 3.8) is 0 Å². The molecule has 1 fully saturated rings. The van der Waals surface area contributed by atoms with E-state index < -0.39 is 0 Å². The molecule has 1 aliphatic carbocycles. The van der Waals surface area contributed by atoms with Gasteiger partial charge < -0.3 is 10.4 Å². The summed E-state index contributed by atoms with van der Waals surface area (Å²) in [6.07, 6.45) is 3.67. The van der Waals surface area contributed by atoms with Crippen molar-refractivity contribution in [2.75, 3.05) is 6.54 Å². The molecule has 112 valence electrons. The molecular weight excluding hydrogens is 258 g/mol. The topological polar surface area (TPSA) is 76.3 Å². The number of nitrogens with one attached hydrogen (secondary N) is 1. The largest absolute Gasteiger partial charge is 0.393 e. The molecule has 1 heterocycles. The zero-order valence-electron chi connectivity index (χ0n) is 12.1. The maximum atomic E-state index is 11.8. The highest BCUT2D eigenvalue weighted by molar-refractivity contribution is 5.01. The molecule has 0 aliphatic heterocycles. The fourth-order valence-electron chi connectivity index (χ4n) is 2.70. The predicted molar refractivity (Wildman–Crippen MR) is 76.6 cm³/mol. The molecule has 2 rings (SSSR count). The van der Waals surface area contributed by atoms with E-state index in [2.05, 4.69) is 5.32 Å². The highest BCUT2D eigenvalue weighted by atomic mass is 16.3. The summed E-state index contributed by atoms with van der Waals surface area (Å²) in [5, 5.41) is 12.8. The van der Waals surface area contributed by atoms with Crippen LogP contribution in [0.1, 0.15) is 31.4 Å². The van der Waals surface area contributed by atoms with Gasteiger partial charge in [0.05, 0.1) is 6.10 Å². The quantitative estimate of drug-likeness (QED) is 0.796. The molecular formula is C14H23N3O3. The Morgan fingerprint density at radius 2 is 1.85 bits per heavy atom. The monoisotopic (exact) mass is 281 g/mol. The van der Waals surface area contributed by atoms with Gasteiger partial charge in [-0.1, -0.05) is 0 Å². The molecule has 1 aromatic heterocycles. The van der Waals surface area contributed by atoms with Crippen molar-refractivity contribution in [2.24, 2.45) is 20.0 Å². The molecule has 0 atom stereocenters. The first-order valence-corrected chi connectivity index (χ1v) is 7.13. The number of aliphatic hydroxyl groups excluding tert-OH is 1. The second-order valence-electron chi connectivity index (χ2n) is 5.68. The molecule has 0 spiro atoms. The van der Waals surface area contributed by atoms with Crippen molar-refractivity contribution in [3.8, 4) is 0 Å². The van der Waals surface area contributed by atoms with Gasteiger partial charge in [0, 0.05) is 32.4 Å². The molecule has 6 nitrogen and oxygen atoms in total. The van der Waals surface area contributed by atoms with E-state index in [1.165, 1.54) is 17.7 Å². The minimum Gasteiger partial charge on any atom is -0.393 e. The summed E-state index contributed by atoms with van der Waals surface area (Å²) in [7, 11) is 3.16. The third-order valence-corrected chi connectivity index (χ3v) is 4.18. The number of hydrogen-bond donors (Lipinski definition) is 2. The lowest BCUT2D eigenvalue weighted by molar-refractivity contribution is 0.108. The molecule has 0 unspecified atom stereocenters. The lowest BCUT2D eigenvalue weighted by Gasteiger charge is -2.25. The molecule has 0 aromatic carbocycles.